The zero-order valence-corrected chi connectivity index (χ0v) is 25.6. The van der Waals surface area contributed by atoms with Gasteiger partial charge in [-0.05, 0) is 73.0 Å². The summed E-state index contributed by atoms with van der Waals surface area (Å²) in [7, 11) is -5.27. The van der Waals surface area contributed by atoms with Crippen molar-refractivity contribution in [2.75, 3.05) is 59.3 Å². The van der Waals surface area contributed by atoms with E-state index in [0.717, 1.165) is 44.6 Å². The molecule has 0 N–H and O–H groups in total. The van der Waals surface area contributed by atoms with Crippen LogP contribution in [-0.4, -0.2) is 81.8 Å². The van der Waals surface area contributed by atoms with Crippen molar-refractivity contribution in [2.24, 2.45) is 0 Å². The van der Waals surface area contributed by atoms with Gasteiger partial charge in [0.05, 0.1) is 0 Å². The maximum Gasteiger partial charge on any atom is 0.500 e. The Hall–Kier alpha value is -0.886. The molecule has 1 rings (SSSR count). The van der Waals surface area contributed by atoms with E-state index in [1.54, 1.807) is 0 Å². The van der Waals surface area contributed by atoms with Crippen LogP contribution in [0.1, 0.15) is 59.9 Å². The van der Waals surface area contributed by atoms with Crippen molar-refractivity contribution in [3.63, 3.8) is 0 Å². The quantitative estimate of drug-likeness (QED) is 0.160. The lowest BCUT2D eigenvalue weighted by Gasteiger charge is -2.30. The largest absolute Gasteiger partial charge is 0.500 e. The lowest BCUT2D eigenvalue weighted by Crippen LogP contribution is -2.47. The fraction of sp³-hybridized carbons (Fsp3) is 0.704. The lowest BCUT2D eigenvalue weighted by molar-refractivity contribution is 0.0695. The minimum absolute atomic E-state index is 0.606. The highest BCUT2D eigenvalue weighted by Crippen LogP contribution is 2.21. The fourth-order valence-electron chi connectivity index (χ4n) is 4.24. The smallest absolute Gasteiger partial charge is 0.374 e. The van der Waals surface area contributed by atoms with E-state index in [9.17, 15) is 0 Å². The molecular weight excluding hydrogens is 490 g/mol. The number of nitrogens with zero attached hydrogens (tertiary/aromatic N) is 1. The Morgan fingerprint density at radius 3 is 1.36 bits per heavy atom. The summed E-state index contributed by atoms with van der Waals surface area (Å²) in [6.07, 6.45) is 6.34. The van der Waals surface area contributed by atoms with Crippen LogP contribution < -0.4 is 0 Å². The van der Waals surface area contributed by atoms with Gasteiger partial charge in [0.2, 0.25) is 0 Å². The normalized spacial score (nSPS) is 12.8. The van der Waals surface area contributed by atoms with Gasteiger partial charge in [0.25, 0.3) is 0 Å². The SMILES string of the molecule is CCO[Si](CCCN(C/C=C/c1ccccc1)CCC[Si](OCC)(OCC)OCC)(OCC)OCC. The monoisotopic (exact) mass is 541 g/mol. The molecule has 7 nitrogen and oxygen atoms in total. The molecule has 0 fully saturated rings. The first-order valence-electron chi connectivity index (χ1n) is 13.8. The van der Waals surface area contributed by atoms with Crippen molar-refractivity contribution in [1.29, 1.82) is 0 Å². The molecule has 0 aliphatic heterocycles. The van der Waals surface area contributed by atoms with E-state index >= 15 is 0 Å². The van der Waals surface area contributed by atoms with Crippen LogP contribution in [0.15, 0.2) is 36.4 Å². The Kier molecular flexibility index (Phi) is 18.5. The summed E-state index contributed by atoms with van der Waals surface area (Å²) < 4.78 is 36.3. The zero-order valence-electron chi connectivity index (χ0n) is 23.6. The summed E-state index contributed by atoms with van der Waals surface area (Å²) in [5.41, 5.74) is 1.21. The molecule has 0 aliphatic carbocycles. The summed E-state index contributed by atoms with van der Waals surface area (Å²) in [5.74, 6) is 0. The highest BCUT2D eigenvalue weighted by molar-refractivity contribution is 6.61. The van der Waals surface area contributed by atoms with Crippen molar-refractivity contribution >= 4 is 23.7 Å². The minimum atomic E-state index is -2.64. The summed E-state index contributed by atoms with van der Waals surface area (Å²) in [5, 5.41) is 0. The van der Waals surface area contributed by atoms with Crippen LogP contribution in [0.3, 0.4) is 0 Å². The molecule has 0 aromatic heterocycles. The maximum absolute atomic E-state index is 6.06. The molecule has 0 radical (unpaired) electrons. The van der Waals surface area contributed by atoms with Gasteiger partial charge in [-0.2, -0.15) is 0 Å². The topological polar surface area (TPSA) is 58.6 Å². The first-order valence-corrected chi connectivity index (χ1v) is 17.7. The van der Waals surface area contributed by atoms with E-state index < -0.39 is 17.6 Å². The summed E-state index contributed by atoms with van der Waals surface area (Å²) in [6, 6.07) is 12.1. The molecule has 1 aromatic carbocycles. The van der Waals surface area contributed by atoms with E-state index in [2.05, 4.69) is 41.3 Å². The van der Waals surface area contributed by atoms with Crippen LogP contribution in [0.2, 0.25) is 12.1 Å². The predicted molar refractivity (Wildman–Crippen MR) is 152 cm³/mol. The molecule has 0 bridgehead atoms. The van der Waals surface area contributed by atoms with E-state index in [1.165, 1.54) is 5.56 Å². The van der Waals surface area contributed by atoms with E-state index in [0.29, 0.717) is 39.6 Å². The molecular formula is C27H51NO6Si2. The molecule has 9 heteroatoms. The highest BCUT2D eigenvalue weighted by atomic mass is 28.4. The van der Waals surface area contributed by atoms with E-state index in [1.807, 2.05) is 47.6 Å². The molecule has 1 aromatic rings. The van der Waals surface area contributed by atoms with Crippen LogP contribution in [0, 0.1) is 0 Å². The third-order valence-electron chi connectivity index (χ3n) is 5.57. The molecule has 0 aliphatic rings. The first kappa shape index (κ1) is 33.1. The number of hydrogen-bond donors (Lipinski definition) is 0. The van der Waals surface area contributed by atoms with Crippen LogP contribution in [0.5, 0.6) is 0 Å². The predicted octanol–water partition coefficient (Wildman–Crippen LogP) is 5.88. The zero-order chi connectivity index (χ0) is 26.5. The highest BCUT2D eigenvalue weighted by Gasteiger charge is 2.41. The van der Waals surface area contributed by atoms with Gasteiger partial charge in [-0.25, -0.2) is 0 Å². The van der Waals surface area contributed by atoms with Crippen molar-refractivity contribution in [1.82, 2.24) is 4.90 Å². The van der Waals surface area contributed by atoms with Crippen molar-refractivity contribution in [3.05, 3.63) is 42.0 Å². The van der Waals surface area contributed by atoms with Crippen LogP contribution in [0.25, 0.3) is 6.08 Å². The second-order valence-electron chi connectivity index (χ2n) is 8.28. The van der Waals surface area contributed by atoms with Gasteiger partial charge in [0.1, 0.15) is 0 Å². The summed E-state index contributed by atoms with van der Waals surface area (Å²) >= 11 is 0. The molecule has 0 saturated heterocycles. The summed E-state index contributed by atoms with van der Waals surface area (Å²) in [4.78, 5) is 2.48. The molecule has 0 heterocycles. The second kappa shape index (κ2) is 20.1. The Labute approximate surface area is 222 Å². The Balaban J connectivity index is 2.84. The molecule has 36 heavy (non-hydrogen) atoms. The van der Waals surface area contributed by atoms with Gasteiger partial charge in [-0.15, -0.1) is 0 Å². The Morgan fingerprint density at radius 2 is 1.00 bits per heavy atom. The number of rotatable bonds is 23. The standard InChI is InChI=1S/C27H51NO6Si2/c1-7-29-35(30-8-2,31-9-3)25-17-23-28(22-16-21-27-19-14-13-15-20-27)24-18-26-36(32-10-4,33-11-5)34-12-6/h13-16,19-21H,7-12,17-18,22-26H2,1-6H3/b21-16+. The number of benzene rings is 1. The average Bonchev–Trinajstić information content (AvgIpc) is 2.85. The molecule has 208 valence electrons. The van der Waals surface area contributed by atoms with Crippen LogP contribution >= 0.6 is 0 Å². The first-order chi connectivity index (χ1) is 17.5. The maximum atomic E-state index is 6.06. The van der Waals surface area contributed by atoms with Gasteiger partial charge in [-0.1, -0.05) is 42.5 Å². The second-order valence-corrected chi connectivity index (χ2v) is 13.7. The molecule has 0 spiro atoms. The van der Waals surface area contributed by atoms with Crippen molar-refractivity contribution < 1.29 is 26.6 Å². The van der Waals surface area contributed by atoms with Crippen molar-refractivity contribution in [2.45, 2.75) is 66.5 Å². The van der Waals surface area contributed by atoms with Gasteiger partial charge in [-0.3, -0.25) is 4.90 Å². The summed E-state index contributed by atoms with van der Waals surface area (Å²) in [6.45, 7) is 18.4. The Bertz CT molecular complexity index is 613. The van der Waals surface area contributed by atoms with E-state index in [-0.39, 0.29) is 0 Å². The molecule has 0 unspecified atom stereocenters. The number of hydrogen-bond acceptors (Lipinski definition) is 7. The Morgan fingerprint density at radius 1 is 0.611 bits per heavy atom. The van der Waals surface area contributed by atoms with Gasteiger partial charge in [0.15, 0.2) is 0 Å². The van der Waals surface area contributed by atoms with Gasteiger partial charge >= 0.3 is 17.6 Å². The third kappa shape index (κ3) is 13.1. The third-order valence-corrected chi connectivity index (χ3v) is 11.9. The average molecular weight is 542 g/mol. The van der Waals surface area contributed by atoms with Gasteiger partial charge in [0, 0.05) is 58.3 Å². The lowest BCUT2D eigenvalue weighted by atomic mass is 10.2. The van der Waals surface area contributed by atoms with Gasteiger partial charge < -0.3 is 26.6 Å². The fourth-order valence-corrected chi connectivity index (χ4v) is 9.42. The minimum Gasteiger partial charge on any atom is -0.374 e. The molecule has 0 amide bonds. The van der Waals surface area contributed by atoms with E-state index in [4.69, 9.17) is 26.6 Å². The van der Waals surface area contributed by atoms with Crippen molar-refractivity contribution in [3.8, 4) is 0 Å². The molecule has 0 saturated carbocycles. The van der Waals surface area contributed by atoms with Crippen LogP contribution in [0.4, 0.5) is 0 Å². The molecule has 0 atom stereocenters. The van der Waals surface area contributed by atoms with Crippen LogP contribution in [-0.2, 0) is 26.6 Å².